The Kier molecular flexibility index (Phi) is 5.96. The van der Waals surface area contributed by atoms with Crippen LogP contribution < -0.4 is 10.1 Å². The van der Waals surface area contributed by atoms with Crippen molar-refractivity contribution >= 4 is 17.4 Å². The monoisotopic (exact) mass is 367 g/mol. The van der Waals surface area contributed by atoms with E-state index in [1.165, 1.54) is 17.1 Å². The second-order valence-electron chi connectivity index (χ2n) is 6.28. The van der Waals surface area contributed by atoms with E-state index in [2.05, 4.69) is 26.8 Å². The van der Waals surface area contributed by atoms with Gasteiger partial charge in [0.25, 0.3) is 5.19 Å². The zero-order valence-corrected chi connectivity index (χ0v) is 15.6. The Morgan fingerprint density at radius 1 is 1.08 bits per heavy atom. The summed E-state index contributed by atoms with van der Waals surface area (Å²) < 4.78 is 10.1. The molecule has 1 amide bonds. The first kappa shape index (κ1) is 18.1. The maximum atomic E-state index is 11.8. The van der Waals surface area contributed by atoms with Gasteiger partial charge in [-0.25, -0.2) is 0 Å². The molecule has 0 bridgehead atoms. The molecule has 5 nitrogen and oxygen atoms in total. The second kappa shape index (κ2) is 8.58. The van der Waals surface area contributed by atoms with Crippen molar-refractivity contribution in [1.29, 1.82) is 0 Å². The minimum Gasteiger partial charge on any atom is -0.430 e. The lowest BCUT2D eigenvalue weighted by atomic mass is 10.1. The number of ether oxygens (including phenoxy) is 1. The summed E-state index contributed by atoms with van der Waals surface area (Å²) in [5.41, 5.74) is 2.11. The van der Waals surface area contributed by atoms with E-state index in [1.807, 2.05) is 56.3 Å². The maximum Gasteiger partial charge on any atom is 0.298 e. The fourth-order valence-electron chi connectivity index (χ4n) is 2.46. The normalized spacial score (nSPS) is 10.7. The molecule has 0 radical (unpaired) electrons. The topological polar surface area (TPSA) is 64.1 Å². The summed E-state index contributed by atoms with van der Waals surface area (Å²) >= 11 is 1.24. The van der Waals surface area contributed by atoms with Gasteiger partial charge >= 0.3 is 0 Å². The van der Waals surface area contributed by atoms with Crippen LogP contribution in [0.3, 0.4) is 0 Å². The summed E-state index contributed by atoms with van der Waals surface area (Å²) in [5.74, 6) is 1.45. The number of aromatic nitrogens is 2. The van der Waals surface area contributed by atoms with Gasteiger partial charge < -0.3 is 10.1 Å². The number of nitrogens with one attached hydrogen (secondary N) is 1. The number of carbonyl (C=O) groups excluding carboxylic acids is 1. The van der Waals surface area contributed by atoms with Gasteiger partial charge in [-0.3, -0.25) is 4.79 Å². The van der Waals surface area contributed by atoms with Crippen LogP contribution in [0.15, 0.2) is 54.6 Å². The molecular formula is C20H21N3O2S. The molecule has 0 fully saturated rings. The molecule has 2 aromatic carbocycles. The van der Waals surface area contributed by atoms with Crippen LogP contribution in [0.2, 0.25) is 0 Å². The van der Waals surface area contributed by atoms with E-state index < -0.39 is 0 Å². The lowest BCUT2D eigenvalue weighted by molar-refractivity contribution is -0.120. The van der Waals surface area contributed by atoms with Gasteiger partial charge in [-0.2, -0.15) is 9.36 Å². The van der Waals surface area contributed by atoms with Gasteiger partial charge in [0, 0.05) is 24.0 Å². The number of rotatable bonds is 7. The van der Waals surface area contributed by atoms with Gasteiger partial charge in [-0.05, 0) is 37.1 Å². The average Bonchev–Trinajstić information content (AvgIpc) is 3.04. The largest absolute Gasteiger partial charge is 0.430 e. The fraction of sp³-hybridized carbons (Fsp3) is 0.250. The lowest BCUT2D eigenvalue weighted by Crippen LogP contribution is -2.31. The van der Waals surface area contributed by atoms with Crippen molar-refractivity contribution in [2.24, 2.45) is 0 Å². The molecule has 0 atom stereocenters. The molecule has 0 spiro atoms. The number of carbonyl (C=O) groups is 1. The second-order valence-corrected chi connectivity index (χ2v) is 7.00. The predicted octanol–water partition coefficient (Wildman–Crippen LogP) is 3.99. The molecule has 0 aliphatic carbocycles. The third-order valence-corrected chi connectivity index (χ3v) is 4.23. The highest BCUT2D eigenvalue weighted by Gasteiger charge is 2.08. The first-order valence-electron chi connectivity index (χ1n) is 8.51. The molecule has 26 heavy (non-hydrogen) atoms. The van der Waals surface area contributed by atoms with Crippen LogP contribution in [0.4, 0.5) is 0 Å². The molecule has 0 aliphatic rings. The molecule has 1 heterocycles. The highest BCUT2D eigenvalue weighted by Crippen LogP contribution is 2.24. The van der Waals surface area contributed by atoms with Gasteiger partial charge in [0.1, 0.15) is 5.75 Å². The Hall–Kier alpha value is -2.73. The van der Waals surface area contributed by atoms with Gasteiger partial charge in [-0.1, -0.05) is 42.5 Å². The van der Waals surface area contributed by atoms with Crippen molar-refractivity contribution in [2.75, 3.05) is 0 Å². The molecule has 3 rings (SSSR count). The number of nitrogens with zero attached hydrogens (tertiary/aromatic N) is 2. The van der Waals surface area contributed by atoms with E-state index in [0.717, 1.165) is 11.4 Å². The summed E-state index contributed by atoms with van der Waals surface area (Å²) in [6, 6.07) is 17.7. The molecular weight excluding hydrogens is 346 g/mol. The van der Waals surface area contributed by atoms with Crippen molar-refractivity contribution < 1.29 is 9.53 Å². The third kappa shape index (κ3) is 5.39. The van der Waals surface area contributed by atoms with E-state index in [0.29, 0.717) is 23.8 Å². The molecule has 1 aromatic heterocycles. The molecule has 6 heteroatoms. The summed E-state index contributed by atoms with van der Waals surface area (Å²) in [5, 5.41) is 3.40. The van der Waals surface area contributed by atoms with Crippen LogP contribution in [-0.2, 0) is 17.6 Å². The predicted molar refractivity (Wildman–Crippen MR) is 103 cm³/mol. The standard InChI is InChI=1S/C20H21N3O2S/c1-14(2)21-19(24)13-16-8-10-17(11-9-16)25-20-22-18(23-26-20)12-15-6-4-3-5-7-15/h3-11,14H,12-13H2,1-2H3,(H,21,24). The molecule has 0 saturated carbocycles. The van der Waals surface area contributed by atoms with Gasteiger partial charge in [0.05, 0.1) is 6.42 Å². The van der Waals surface area contributed by atoms with Crippen molar-refractivity contribution in [3.05, 3.63) is 71.5 Å². The Morgan fingerprint density at radius 2 is 1.81 bits per heavy atom. The van der Waals surface area contributed by atoms with E-state index in [-0.39, 0.29) is 11.9 Å². The molecule has 0 aliphatic heterocycles. The maximum absolute atomic E-state index is 11.8. The number of amides is 1. The average molecular weight is 367 g/mol. The Balaban J connectivity index is 1.57. The smallest absolute Gasteiger partial charge is 0.298 e. The first-order chi connectivity index (χ1) is 12.6. The molecule has 134 valence electrons. The van der Waals surface area contributed by atoms with E-state index in [1.54, 1.807) is 0 Å². The number of hydrogen-bond acceptors (Lipinski definition) is 5. The van der Waals surface area contributed by atoms with Crippen LogP contribution >= 0.6 is 11.5 Å². The summed E-state index contributed by atoms with van der Waals surface area (Å²) in [4.78, 5) is 16.2. The zero-order chi connectivity index (χ0) is 18.4. The van der Waals surface area contributed by atoms with Crippen molar-refractivity contribution in [3.63, 3.8) is 0 Å². The highest BCUT2D eigenvalue weighted by atomic mass is 32.1. The van der Waals surface area contributed by atoms with Crippen molar-refractivity contribution in [3.8, 4) is 10.9 Å². The van der Waals surface area contributed by atoms with Crippen LogP contribution in [0.5, 0.6) is 10.9 Å². The summed E-state index contributed by atoms with van der Waals surface area (Å²) in [6.45, 7) is 3.89. The van der Waals surface area contributed by atoms with Crippen LogP contribution in [0.1, 0.15) is 30.8 Å². The molecule has 1 N–H and O–H groups in total. The highest BCUT2D eigenvalue weighted by molar-refractivity contribution is 7.07. The number of benzene rings is 2. The van der Waals surface area contributed by atoms with Gasteiger partial charge in [0.2, 0.25) is 5.91 Å². The van der Waals surface area contributed by atoms with Crippen LogP contribution in [0, 0.1) is 0 Å². The van der Waals surface area contributed by atoms with E-state index in [9.17, 15) is 4.79 Å². The lowest BCUT2D eigenvalue weighted by Gasteiger charge is -2.08. The summed E-state index contributed by atoms with van der Waals surface area (Å²) in [7, 11) is 0. The van der Waals surface area contributed by atoms with E-state index in [4.69, 9.17) is 4.74 Å². The van der Waals surface area contributed by atoms with Crippen molar-refractivity contribution in [1.82, 2.24) is 14.7 Å². The Morgan fingerprint density at radius 3 is 2.50 bits per heavy atom. The van der Waals surface area contributed by atoms with E-state index >= 15 is 0 Å². The molecule has 3 aromatic rings. The molecule has 0 unspecified atom stereocenters. The Labute approximate surface area is 157 Å². The fourth-order valence-corrected chi connectivity index (χ4v) is 3.03. The minimum absolute atomic E-state index is 0.0170. The van der Waals surface area contributed by atoms with Gasteiger partial charge in [-0.15, -0.1) is 0 Å². The zero-order valence-electron chi connectivity index (χ0n) is 14.8. The van der Waals surface area contributed by atoms with Crippen LogP contribution in [0.25, 0.3) is 0 Å². The quantitative estimate of drug-likeness (QED) is 0.686. The SMILES string of the molecule is CC(C)NC(=O)Cc1ccc(Oc2nc(Cc3ccccc3)ns2)cc1. The third-order valence-electron chi connectivity index (χ3n) is 3.60. The van der Waals surface area contributed by atoms with Crippen LogP contribution in [-0.4, -0.2) is 21.3 Å². The minimum atomic E-state index is 0.0170. The number of hydrogen-bond donors (Lipinski definition) is 1. The van der Waals surface area contributed by atoms with Crippen molar-refractivity contribution in [2.45, 2.75) is 32.7 Å². The molecule has 0 saturated heterocycles. The summed E-state index contributed by atoms with van der Waals surface area (Å²) in [6.07, 6.45) is 1.04. The Bertz CT molecular complexity index is 845. The first-order valence-corrected chi connectivity index (χ1v) is 9.28. The van der Waals surface area contributed by atoms with Gasteiger partial charge in [0.15, 0.2) is 5.82 Å².